The van der Waals surface area contributed by atoms with Gasteiger partial charge in [0.05, 0.1) is 17.7 Å². The van der Waals surface area contributed by atoms with E-state index in [9.17, 15) is 36.6 Å². The van der Waals surface area contributed by atoms with Gasteiger partial charge in [-0.25, -0.2) is 26.4 Å². The molecule has 0 radical (unpaired) electrons. The molecule has 0 amide bonds. The Morgan fingerprint density at radius 2 is 1.59 bits per heavy atom. The molecule has 2 N–H and O–H groups in total. The van der Waals surface area contributed by atoms with Gasteiger partial charge in [0, 0.05) is 33.2 Å². The smallest absolute Gasteiger partial charge is 0.337 e. The number of ether oxygens (including phenoxy) is 1. The van der Waals surface area contributed by atoms with E-state index in [2.05, 4.69) is 11.8 Å². The number of rotatable bonds is 10. The second-order valence-corrected chi connectivity index (χ2v) is 11.6. The molecule has 1 fully saturated rings. The first kappa shape index (κ1) is 27.5. The average Bonchev–Trinajstić information content (AvgIpc) is 2.77. The van der Waals surface area contributed by atoms with Crippen LogP contribution in [0.25, 0.3) is 0 Å². The van der Waals surface area contributed by atoms with Crippen molar-refractivity contribution in [3.8, 4) is 17.6 Å². The van der Waals surface area contributed by atoms with Crippen LogP contribution in [-0.4, -0.2) is 111 Å². The van der Waals surface area contributed by atoms with Crippen molar-refractivity contribution in [3.63, 3.8) is 0 Å². The molecular weight excluding hydrogens is 490 g/mol. The van der Waals surface area contributed by atoms with E-state index in [1.54, 1.807) is 6.92 Å². The molecule has 0 saturated carbocycles. The largest absolute Gasteiger partial charge is 0.481 e. The average molecular weight is 518 g/mol. The monoisotopic (exact) mass is 517 g/mol. The highest BCUT2D eigenvalue weighted by molar-refractivity contribution is 7.89. The second-order valence-electron chi connectivity index (χ2n) is 7.57. The minimum Gasteiger partial charge on any atom is -0.481 e. The van der Waals surface area contributed by atoms with Crippen LogP contribution in [-0.2, 0) is 29.6 Å². The molecule has 1 aromatic rings. The molecule has 1 aromatic carbocycles. The highest BCUT2D eigenvalue weighted by Crippen LogP contribution is 2.25. The van der Waals surface area contributed by atoms with Crippen molar-refractivity contribution in [2.75, 3.05) is 52.6 Å². The number of carboxylic acid groups (broad SMARTS) is 2. The first-order valence-corrected chi connectivity index (χ1v) is 13.3. The number of hydrogen-bond acceptors (Lipinski definition) is 8. The summed E-state index contributed by atoms with van der Waals surface area (Å²) in [6.45, 7) is 0.217. The second kappa shape index (κ2) is 10.7. The highest BCUT2D eigenvalue weighted by Gasteiger charge is 2.54. The Bertz CT molecular complexity index is 1160. The van der Waals surface area contributed by atoms with Gasteiger partial charge in [0.2, 0.25) is 25.6 Å². The number of nitrogens with zero attached hydrogens (tertiary/aromatic N) is 3. The third-order valence-corrected chi connectivity index (χ3v) is 8.55. The van der Waals surface area contributed by atoms with Crippen LogP contribution in [0.15, 0.2) is 29.2 Å². The lowest BCUT2D eigenvalue weighted by atomic mass is 9.96. The number of hydrogen-bond donors (Lipinski definition) is 2. The molecule has 1 aliphatic rings. The van der Waals surface area contributed by atoms with Crippen molar-refractivity contribution < 1.29 is 41.4 Å². The van der Waals surface area contributed by atoms with Crippen molar-refractivity contribution >= 4 is 32.0 Å². The molecule has 1 saturated heterocycles. The molecule has 12 nitrogen and oxygen atoms in total. The Labute approximate surface area is 198 Å². The van der Waals surface area contributed by atoms with Gasteiger partial charge in [-0.3, -0.25) is 4.90 Å². The van der Waals surface area contributed by atoms with Crippen LogP contribution in [0, 0.1) is 11.8 Å². The molecular formula is C20H27N3O9S2. The van der Waals surface area contributed by atoms with Crippen molar-refractivity contribution in [1.82, 2.24) is 13.5 Å². The van der Waals surface area contributed by atoms with E-state index in [1.165, 1.54) is 24.3 Å². The zero-order valence-electron chi connectivity index (χ0n) is 19.0. The minimum absolute atomic E-state index is 0.120. The summed E-state index contributed by atoms with van der Waals surface area (Å²) < 4.78 is 56.7. The van der Waals surface area contributed by atoms with E-state index in [0.717, 1.165) is 22.5 Å². The minimum atomic E-state index is -4.26. The molecule has 0 bridgehead atoms. The summed E-state index contributed by atoms with van der Waals surface area (Å²) in [4.78, 5) is 25.3. The normalized spacial score (nSPS) is 16.0. The van der Waals surface area contributed by atoms with E-state index < -0.39 is 44.1 Å². The summed E-state index contributed by atoms with van der Waals surface area (Å²) in [7, 11) is -6.72. The van der Waals surface area contributed by atoms with Gasteiger partial charge in [-0.1, -0.05) is 5.92 Å². The topological polar surface area (TPSA) is 162 Å². The summed E-state index contributed by atoms with van der Waals surface area (Å²) in [5.41, 5.74) is -2.62. The van der Waals surface area contributed by atoms with Crippen molar-refractivity contribution in [1.29, 1.82) is 0 Å². The summed E-state index contributed by atoms with van der Waals surface area (Å²) in [5, 5.41) is 19.8. The molecule has 14 heteroatoms. The molecule has 0 atom stereocenters. The lowest BCUT2D eigenvalue weighted by Crippen LogP contribution is -2.69. The van der Waals surface area contributed by atoms with Gasteiger partial charge in [0.15, 0.2) is 0 Å². The van der Waals surface area contributed by atoms with Gasteiger partial charge < -0.3 is 14.9 Å². The van der Waals surface area contributed by atoms with Crippen LogP contribution in [0.5, 0.6) is 5.75 Å². The predicted molar refractivity (Wildman–Crippen MR) is 121 cm³/mol. The van der Waals surface area contributed by atoms with Gasteiger partial charge >= 0.3 is 11.9 Å². The van der Waals surface area contributed by atoms with Crippen molar-refractivity contribution in [3.05, 3.63) is 24.3 Å². The predicted octanol–water partition coefficient (Wildman–Crippen LogP) is -0.806. The Hall–Kier alpha value is -2.70. The molecule has 2 rings (SSSR count). The van der Waals surface area contributed by atoms with Crippen molar-refractivity contribution in [2.24, 2.45) is 0 Å². The van der Waals surface area contributed by atoms with Gasteiger partial charge in [0.25, 0.3) is 0 Å². The van der Waals surface area contributed by atoms with E-state index in [1.807, 2.05) is 0 Å². The third-order valence-electron chi connectivity index (χ3n) is 5.43. The maximum atomic E-state index is 13.1. The Balaban J connectivity index is 2.30. The summed E-state index contributed by atoms with van der Waals surface area (Å²) in [6, 6.07) is 5.33. The van der Waals surface area contributed by atoms with Crippen molar-refractivity contribution in [2.45, 2.75) is 17.4 Å². The first-order valence-electron chi connectivity index (χ1n) is 10.0. The first-order chi connectivity index (χ1) is 15.8. The summed E-state index contributed by atoms with van der Waals surface area (Å²) in [6.07, 6.45) is 0.998. The number of piperazine rings is 1. The Morgan fingerprint density at radius 3 is 2.03 bits per heavy atom. The van der Waals surface area contributed by atoms with E-state index in [4.69, 9.17) is 4.74 Å². The van der Waals surface area contributed by atoms with Crippen LogP contribution in [0.3, 0.4) is 0 Å². The molecule has 0 spiro atoms. The van der Waals surface area contributed by atoms with Crippen LogP contribution in [0.1, 0.15) is 6.92 Å². The highest BCUT2D eigenvalue weighted by atomic mass is 32.2. The number of carbonyl (C=O) groups is 2. The Kier molecular flexibility index (Phi) is 8.67. The number of sulfonamides is 2. The van der Waals surface area contributed by atoms with Crippen LogP contribution < -0.4 is 4.74 Å². The fraction of sp³-hybridized carbons (Fsp3) is 0.500. The quantitative estimate of drug-likeness (QED) is 0.297. The van der Waals surface area contributed by atoms with Gasteiger partial charge in [0.1, 0.15) is 12.4 Å². The summed E-state index contributed by atoms with van der Waals surface area (Å²) >= 11 is 0. The van der Waals surface area contributed by atoms with Gasteiger partial charge in [-0.05, 0) is 31.2 Å². The molecule has 0 aromatic heterocycles. The molecule has 188 valence electrons. The van der Waals surface area contributed by atoms with E-state index in [-0.39, 0.29) is 37.7 Å². The van der Waals surface area contributed by atoms with Gasteiger partial charge in [-0.2, -0.15) is 8.61 Å². The lowest BCUT2D eigenvalue weighted by Gasteiger charge is -2.43. The standard InChI is InChI=1S/C20H27N3O9S2/c1-4-5-14-32-16-6-8-17(9-7-16)34(30,31)21(2)15-20(18(24)25,19(26)27)22-10-12-23(13-11-22)33(3,28)29/h6-9H,10-15H2,1-3H3,(H,24,25)(H,26,27). The number of aliphatic carboxylic acids is 2. The van der Waals surface area contributed by atoms with Crippen LogP contribution in [0.2, 0.25) is 0 Å². The molecule has 0 unspecified atom stereocenters. The zero-order valence-corrected chi connectivity index (χ0v) is 20.6. The maximum Gasteiger partial charge on any atom is 0.337 e. The van der Waals surface area contributed by atoms with E-state index in [0.29, 0.717) is 10.1 Å². The van der Waals surface area contributed by atoms with Crippen LogP contribution in [0.4, 0.5) is 0 Å². The maximum absolute atomic E-state index is 13.1. The number of carboxylic acids is 2. The number of likely N-dealkylation sites (N-methyl/N-ethyl adjacent to an activating group) is 1. The third kappa shape index (κ3) is 5.86. The Morgan fingerprint density at radius 1 is 1.06 bits per heavy atom. The fourth-order valence-electron chi connectivity index (χ4n) is 3.49. The zero-order chi connectivity index (χ0) is 25.7. The van der Waals surface area contributed by atoms with E-state index >= 15 is 0 Å². The molecule has 0 aliphatic carbocycles. The van der Waals surface area contributed by atoms with Gasteiger partial charge in [-0.15, -0.1) is 5.92 Å². The molecule has 1 aliphatic heterocycles. The fourth-order valence-corrected chi connectivity index (χ4v) is 5.51. The molecule has 1 heterocycles. The number of benzene rings is 1. The molecule has 34 heavy (non-hydrogen) atoms. The SMILES string of the molecule is CC#CCOc1ccc(S(=O)(=O)N(C)CC(C(=O)O)(C(=O)O)N2CCN(S(C)(=O)=O)CC2)cc1. The van der Waals surface area contributed by atoms with Crippen LogP contribution >= 0.6 is 0 Å². The summed E-state index contributed by atoms with van der Waals surface area (Å²) in [5.74, 6) is 2.22. The lowest BCUT2D eigenvalue weighted by molar-refractivity contribution is -0.169.